The van der Waals surface area contributed by atoms with E-state index in [0.717, 1.165) is 22.5 Å². The average molecular weight is 468 g/mol. The third kappa shape index (κ3) is 5.17. The number of rotatable bonds is 6. The summed E-state index contributed by atoms with van der Waals surface area (Å²) >= 11 is 1.43. The number of non-ortho nitro benzene ring substituents is 1. The fourth-order valence-corrected chi connectivity index (χ4v) is 4.11. The van der Waals surface area contributed by atoms with Crippen LogP contribution in [-0.4, -0.2) is 15.8 Å². The SMILES string of the molecule is CC(C)c1ccc(N=c2scc(-c3ccc([N+](=O)[O-])cc3)n2N=Cc2ccc(C#N)cc2)cc1. The van der Waals surface area contributed by atoms with E-state index in [9.17, 15) is 10.1 Å². The smallest absolute Gasteiger partial charge is 0.258 e. The highest BCUT2D eigenvalue weighted by atomic mass is 32.1. The zero-order valence-electron chi connectivity index (χ0n) is 18.6. The molecule has 0 unspecified atom stereocenters. The van der Waals surface area contributed by atoms with Crippen LogP contribution in [0, 0.1) is 21.4 Å². The molecule has 0 saturated heterocycles. The van der Waals surface area contributed by atoms with E-state index in [1.54, 1.807) is 35.2 Å². The van der Waals surface area contributed by atoms with Gasteiger partial charge in [0.2, 0.25) is 4.80 Å². The molecule has 34 heavy (non-hydrogen) atoms. The maximum absolute atomic E-state index is 11.0. The molecule has 0 aliphatic heterocycles. The number of nitro benzene ring substituents is 1. The van der Waals surface area contributed by atoms with Gasteiger partial charge in [-0.1, -0.05) is 38.1 Å². The van der Waals surface area contributed by atoms with Crippen molar-refractivity contribution >= 4 is 28.9 Å². The van der Waals surface area contributed by atoms with E-state index in [1.165, 1.54) is 29.0 Å². The lowest BCUT2D eigenvalue weighted by molar-refractivity contribution is -0.384. The second kappa shape index (κ2) is 10.1. The van der Waals surface area contributed by atoms with Gasteiger partial charge in [-0.05, 0) is 53.4 Å². The maximum atomic E-state index is 11.0. The van der Waals surface area contributed by atoms with E-state index in [0.29, 0.717) is 16.3 Å². The first-order valence-corrected chi connectivity index (χ1v) is 11.5. The number of thiazole rings is 1. The minimum atomic E-state index is -0.421. The molecule has 3 aromatic carbocycles. The number of nitriles is 1. The van der Waals surface area contributed by atoms with Crippen molar-refractivity contribution in [3.05, 3.63) is 110 Å². The lowest BCUT2D eigenvalue weighted by Crippen LogP contribution is -2.11. The standard InChI is InChI=1S/C26H21N5O2S/c1-18(2)21-7-11-23(12-8-21)29-26-30(28-16-20-5-3-19(15-27)4-6-20)25(17-34-26)22-9-13-24(14-10-22)31(32)33/h3-14,16-18H,1-2H3. The minimum Gasteiger partial charge on any atom is -0.258 e. The normalized spacial score (nSPS) is 11.8. The molecule has 0 aliphatic rings. The van der Waals surface area contributed by atoms with Crippen LogP contribution in [0.3, 0.4) is 0 Å². The fraction of sp³-hybridized carbons (Fsp3) is 0.115. The van der Waals surface area contributed by atoms with E-state index in [2.05, 4.69) is 37.2 Å². The van der Waals surface area contributed by atoms with Crippen molar-refractivity contribution in [2.75, 3.05) is 0 Å². The summed E-state index contributed by atoms with van der Waals surface area (Å²) in [6, 6.07) is 23.7. The molecule has 168 valence electrons. The predicted molar refractivity (Wildman–Crippen MR) is 134 cm³/mol. The number of nitro groups is 1. The first-order valence-electron chi connectivity index (χ1n) is 10.6. The van der Waals surface area contributed by atoms with Crippen molar-refractivity contribution in [2.24, 2.45) is 10.1 Å². The quantitative estimate of drug-likeness (QED) is 0.191. The maximum Gasteiger partial charge on any atom is 0.269 e. The molecule has 0 fully saturated rings. The minimum absolute atomic E-state index is 0.0294. The van der Waals surface area contributed by atoms with Crippen molar-refractivity contribution in [1.82, 2.24) is 4.68 Å². The molecule has 7 nitrogen and oxygen atoms in total. The van der Waals surface area contributed by atoms with Crippen LogP contribution in [0.2, 0.25) is 0 Å². The largest absolute Gasteiger partial charge is 0.269 e. The fourth-order valence-electron chi connectivity index (χ4n) is 3.25. The second-order valence-electron chi connectivity index (χ2n) is 7.86. The van der Waals surface area contributed by atoms with Gasteiger partial charge in [-0.25, -0.2) is 9.67 Å². The Morgan fingerprint density at radius 3 is 2.29 bits per heavy atom. The molecule has 8 heteroatoms. The molecule has 1 aromatic heterocycles. The number of hydrogen-bond donors (Lipinski definition) is 0. The third-order valence-electron chi connectivity index (χ3n) is 5.21. The Labute approximate surface area is 200 Å². The average Bonchev–Trinajstić information content (AvgIpc) is 3.25. The van der Waals surface area contributed by atoms with E-state index in [-0.39, 0.29) is 5.69 Å². The topological polar surface area (TPSA) is 96.6 Å². The Morgan fingerprint density at radius 1 is 1.03 bits per heavy atom. The lowest BCUT2D eigenvalue weighted by Gasteiger charge is -2.05. The van der Waals surface area contributed by atoms with E-state index in [1.807, 2.05) is 29.6 Å². The predicted octanol–water partition coefficient (Wildman–Crippen LogP) is 6.23. The van der Waals surface area contributed by atoms with Gasteiger partial charge in [0.25, 0.3) is 5.69 Å². The Hall–Kier alpha value is -4.35. The molecule has 0 radical (unpaired) electrons. The summed E-state index contributed by atoms with van der Waals surface area (Å²) in [7, 11) is 0. The molecule has 1 heterocycles. The van der Waals surface area contributed by atoms with Gasteiger partial charge in [0.1, 0.15) is 0 Å². The first kappa shape index (κ1) is 22.8. The Morgan fingerprint density at radius 2 is 1.71 bits per heavy atom. The van der Waals surface area contributed by atoms with Crippen LogP contribution in [0.4, 0.5) is 11.4 Å². The number of aromatic nitrogens is 1. The van der Waals surface area contributed by atoms with Gasteiger partial charge < -0.3 is 0 Å². The molecule has 0 aliphatic carbocycles. The van der Waals surface area contributed by atoms with Gasteiger partial charge in [-0.3, -0.25) is 10.1 Å². The second-order valence-corrected chi connectivity index (χ2v) is 8.69. The molecule has 0 amide bonds. The van der Waals surface area contributed by atoms with Gasteiger partial charge in [-0.2, -0.15) is 10.4 Å². The molecular weight excluding hydrogens is 446 g/mol. The summed E-state index contributed by atoms with van der Waals surface area (Å²) < 4.78 is 1.72. The molecule has 0 bridgehead atoms. The van der Waals surface area contributed by atoms with Crippen molar-refractivity contribution < 1.29 is 4.92 Å². The van der Waals surface area contributed by atoms with Crippen LogP contribution < -0.4 is 4.80 Å². The zero-order chi connectivity index (χ0) is 24.1. The van der Waals surface area contributed by atoms with Gasteiger partial charge >= 0.3 is 0 Å². The van der Waals surface area contributed by atoms with Crippen LogP contribution in [-0.2, 0) is 0 Å². The number of hydrogen-bond acceptors (Lipinski definition) is 6. The molecule has 4 aromatic rings. The highest BCUT2D eigenvalue weighted by Crippen LogP contribution is 2.24. The van der Waals surface area contributed by atoms with E-state index >= 15 is 0 Å². The van der Waals surface area contributed by atoms with Crippen LogP contribution >= 0.6 is 11.3 Å². The lowest BCUT2D eigenvalue weighted by atomic mass is 10.0. The monoisotopic (exact) mass is 467 g/mol. The van der Waals surface area contributed by atoms with Crippen molar-refractivity contribution in [3.8, 4) is 17.3 Å². The third-order valence-corrected chi connectivity index (χ3v) is 6.02. The Bertz CT molecular complexity index is 1440. The summed E-state index contributed by atoms with van der Waals surface area (Å²) in [5.41, 5.74) is 5.04. The molecular formula is C26H21N5O2S. The van der Waals surface area contributed by atoms with Crippen molar-refractivity contribution in [2.45, 2.75) is 19.8 Å². The van der Waals surface area contributed by atoms with Gasteiger partial charge in [0, 0.05) is 23.1 Å². The summed E-state index contributed by atoms with van der Waals surface area (Å²) in [6.07, 6.45) is 1.70. The van der Waals surface area contributed by atoms with Crippen LogP contribution in [0.1, 0.15) is 36.5 Å². The molecule has 4 rings (SSSR count). The van der Waals surface area contributed by atoms with Crippen molar-refractivity contribution in [3.63, 3.8) is 0 Å². The number of nitrogens with zero attached hydrogens (tertiary/aromatic N) is 5. The van der Waals surface area contributed by atoms with Crippen LogP contribution in [0.15, 0.2) is 88.3 Å². The highest BCUT2D eigenvalue weighted by Gasteiger charge is 2.11. The van der Waals surface area contributed by atoms with Gasteiger partial charge in [-0.15, -0.1) is 11.3 Å². The Kier molecular flexibility index (Phi) is 6.76. The summed E-state index contributed by atoms with van der Waals surface area (Å²) in [6.45, 7) is 4.29. The molecule has 0 spiro atoms. The molecule has 0 atom stereocenters. The first-order chi connectivity index (χ1) is 16.4. The van der Waals surface area contributed by atoms with E-state index in [4.69, 9.17) is 10.3 Å². The van der Waals surface area contributed by atoms with Crippen LogP contribution in [0.5, 0.6) is 0 Å². The highest BCUT2D eigenvalue weighted by molar-refractivity contribution is 7.07. The summed E-state index contributed by atoms with van der Waals surface area (Å²) in [5, 5.41) is 26.6. The zero-order valence-corrected chi connectivity index (χ0v) is 19.4. The summed E-state index contributed by atoms with van der Waals surface area (Å²) in [4.78, 5) is 16.1. The number of benzene rings is 3. The van der Waals surface area contributed by atoms with Gasteiger partial charge in [0.05, 0.1) is 34.2 Å². The summed E-state index contributed by atoms with van der Waals surface area (Å²) in [5.74, 6) is 0.437. The van der Waals surface area contributed by atoms with Crippen molar-refractivity contribution in [1.29, 1.82) is 5.26 Å². The van der Waals surface area contributed by atoms with E-state index < -0.39 is 4.92 Å². The van der Waals surface area contributed by atoms with Gasteiger partial charge in [0.15, 0.2) is 0 Å². The Balaban J connectivity index is 1.78. The molecule has 0 saturated carbocycles. The van der Waals surface area contributed by atoms with Crippen LogP contribution in [0.25, 0.3) is 11.3 Å². The molecule has 0 N–H and O–H groups in total.